The summed E-state index contributed by atoms with van der Waals surface area (Å²) in [4.78, 5) is 25.5. The molecule has 1 aliphatic carbocycles. The van der Waals surface area contributed by atoms with Crippen molar-refractivity contribution >= 4 is 11.8 Å². The highest BCUT2D eigenvalue weighted by molar-refractivity contribution is 5.87. The molecule has 0 aromatic carbocycles. The minimum absolute atomic E-state index is 0.0490. The highest BCUT2D eigenvalue weighted by atomic mass is 16.3. The number of hydrogen-bond acceptors (Lipinski definition) is 3. The van der Waals surface area contributed by atoms with Crippen molar-refractivity contribution in [2.45, 2.75) is 77.9 Å². The number of aliphatic hydroxyl groups is 1. The molecular weight excluding hydrogens is 292 g/mol. The molecule has 5 heteroatoms. The van der Waals surface area contributed by atoms with Gasteiger partial charge in [-0.25, -0.2) is 0 Å². The van der Waals surface area contributed by atoms with Gasteiger partial charge >= 0.3 is 0 Å². The largest absolute Gasteiger partial charge is 0.388 e. The molecule has 2 fully saturated rings. The Kier molecular flexibility index (Phi) is 5.39. The fourth-order valence-corrected chi connectivity index (χ4v) is 3.98. The zero-order chi connectivity index (χ0) is 17.3. The summed E-state index contributed by atoms with van der Waals surface area (Å²) in [7, 11) is 0. The van der Waals surface area contributed by atoms with E-state index in [4.69, 9.17) is 0 Å². The Morgan fingerprint density at radius 3 is 2.35 bits per heavy atom. The number of rotatable bonds is 3. The second-order valence-corrected chi connectivity index (χ2v) is 8.45. The van der Waals surface area contributed by atoms with Crippen molar-refractivity contribution < 1.29 is 14.7 Å². The SMILES string of the molecule is CC(=O)N1CCCC1C(=O)NCC1(O)CCC(C(C)(C)C)CC1. The van der Waals surface area contributed by atoms with Crippen molar-refractivity contribution in [2.24, 2.45) is 11.3 Å². The van der Waals surface area contributed by atoms with Crippen LogP contribution >= 0.6 is 0 Å². The van der Waals surface area contributed by atoms with Crippen LogP contribution in [0.25, 0.3) is 0 Å². The van der Waals surface area contributed by atoms with Crippen LogP contribution in [0.15, 0.2) is 0 Å². The van der Waals surface area contributed by atoms with Crippen LogP contribution in [0.2, 0.25) is 0 Å². The van der Waals surface area contributed by atoms with E-state index in [-0.39, 0.29) is 23.3 Å². The predicted molar refractivity (Wildman–Crippen MR) is 89.8 cm³/mol. The van der Waals surface area contributed by atoms with E-state index in [0.29, 0.717) is 19.0 Å². The Morgan fingerprint density at radius 1 is 1.22 bits per heavy atom. The Hall–Kier alpha value is -1.10. The van der Waals surface area contributed by atoms with Gasteiger partial charge in [0.15, 0.2) is 0 Å². The summed E-state index contributed by atoms with van der Waals surface area (Å²) < 4.78 is 0. The van der Waals surface area contributed by atoms with E-state index in [0.717, 1.165) is 38.5 Å². The lowest BCUT2D eigenvalue weighted by molar-refractivity contribution is -0.137. The maximum absolute atomic E-state index is 12.4. The number of amides is 2. The molecule has 1 atom stereocenters. The molecule has 132 valence electrons. The quantitative estimate of drug-likeness (QED) is 0.835. The zero-order valence-corrected chi connectivity index (χ0v) is 15.0. The van der Waals surface area contributed by atoms with Crippen LogP contribution in [0.3, 0.4) is 0 Å². The number of carbonyl (C=O) groups excluding carboxylic acids is 2. The third kappa shape index (κ3) is 4.46. The molecule has 1 aliphatic heterocycles. The highest BCUT2D eigenvalue weighted by Gasteiger charge is 2.39. The molecule has 1 heterocycles. The molecule has 2 N–H and O–H groups in total. The third-order valence-corrected chi connectivity index (χ3v) is 5.69. The van der Waals surface area contributed by atoms with Gasteiger partial charge in [-0.2, -0.15) is 0 Å². The summed E-state index contributed by atoms with van der Waals surface area (Å²) in [5.74, 6) is 0.456. The van der Waals surface area contributed by atoms with Gasteiger partial charge in [0.05, 0.1) is 5.60 Å². The van der Waals surface area contributed by atoms with Crippen molar-refractivity contribution in [3.8, 4) is 0 Å². The van der Waals surface area contributed by atoms with Gasteiger partial charge in [-0.1, -0.05) is 20.8 Å². The van der Waals surface area contributed by atoms with Gasteiger partial charge < -0.3 is 15.3 Å². The number of carbonyl (C=O) groups is 2. The number of nitrogens with zero attached hydrogens (tertiary/aromatic N) is 1. The first-order valence-electron chi connectivity index (χ1n) is 8.90. The van der Waals surface area contributed by atoms with Crippen molar-refractivity contribution in [1.29, 1.82) is 0 Å². The van der Waals surface area contributed by atoms with Crippen molar-refractivity contribution in [1.82, 2.24) is 10.2 Å². The summed E-state index contributed by atoms with van der Waals surface area (Å²) >= 11 is 0. The summed E-state index contributed by atoms with van der Waals surface area (Å²) in [6, 6.07) is -0.359. The van der Waals surface area contributed by atoms with Crippen LogP contribution in [0.4, 0.5) is 0 Å². The highest BCUT2D eigenvalue weighted by Crippen LogP contribution is 2.41. The van der Waals surface area contributed by atoms with Gasteiger partial charge in [-0.15, -0.1) is 0 Å². The van der Waals surface area contributed by atoms with Gasteiger partial charge in [0.2, 0.25) is 11.8 Å². The molecule has 0 bridgehead atoms. The molecule has 1 unspecified atom stereocenters. The van der Waals surface area contributed by atoms with E-state index in [1.807, 2.05) is 0 Å². The van der Waals surface area contributed by atoms with Crippen LogP contribution in [0.1, 0.15) is 66.2 Å². The molecule has 2 rings (SSSR count). The molecule has 1 saturated carbocycles. The Morgan fingerprint density at radius 2 is 1.83 bits per heavy atom. The molecule has 1 saturated heterocycles. The molecule has 2 amide bonds. The van der Waals surface area contributed by atoms with Crippen LogP contribution < -0.4 is 5.32 Å². The van der Waals surface area contributed by atoms with E-state index >= 15 is 0 Å². The normalized spacial score (nSPS) is 32.0. The molecule has 0 radical (unpaired) electrons. The first kappa shape index (κ1) is 18.2. The maximum atomic E-state index is 12.4. The Labute approximate surface area is 139 Å². The van der Waals surface area contributed by atoms with Crippen LogP contribution in [0, 0.1) is 11.3 Å². The summed E-state index contributed by atoms with van der Waals surface area (Å²) in [5, 5.41) is 13.6. The summed E-state index contributed by atoms with van der Waals surface area (Å²) in [6.45, 7) is 9.21. The Balaban J connectivity index is 1.84. The molecular formula is C18H32N2O3. The van der Waals surface area contributed by atoms with E-state index in [2.05, 4.69) is 26.1 Å². The average molecular weight is 324 g/mol. The second-order valence-electron chi connectivity index (χ2n) is 8.45. The van der Waals surface area contributed by atoms with Crippen LogP contribution in [-0.2, 0) is 9.59 Å². The number of likely N-dealkylation sites (tertiary alicyclic amines) is 1. The lowest BCUT2D eigenvalue weighted by atomic mass is 9.68. The minimum Gasteiger partial charge on any atom is -0.388 e. The van der Waals surface area contributed by atoms with Gasteiger partial charge in [-0.05, 0) is 49.9 Å². The third-order valence-electron chi connectivity index (χ3n) is 5.69. The van der Waals surface area contributed by atoms with Crippen molar-refractivity contribution in [2.75, 3.05) is 13.1 Å². The second kappa shape index (κ2) is 6.80. The monoisotopic (exact) mass is 324 g/mol. The molecule has 0 aromatic heterocycles. The molecule has 2 aliphatic rings. The summed E-state index contributed by atoms with van der Waals surface area (Å²) in [6.07, 6.45) is 5.05. The molecule has 0 spiro atoms. The number of nitrogens with one attached hydrogen (secondary N) is 1. The summed E-state index contributed by atoms with van der Waals surface area (Å²) in [5.41, 5.74) is -0.520. The van der Waals surface area contributed by atoms with Crippen LogP contribution in [0.5, 0.6) is 0 Å². The first-order valence-corrected chi connectivity index (χ1v) is 8.90. The van der Waals surface area contributed by atoms with Gasteiger partial charge in [0, 0.05) is 20.0 Å². The Bertz CT molecular complexity index is 448. The van der Waals surface area contributed by atoms with Crippen LogP contribution in [-0.4, -0.2) is 46.6 Å². The standard InChI is InChI=1S/C18H32N2O3/c1-13(21)20-11-5-6-15(20)16(22)19-12-18(23)9-7-14(8-10-18)17(2,3)4/h14-15,23H,5-12H2,1-4H3,(H,19,22). The minimum atomic E-state index is -0.795. The van der Waals surface area contributed by atoms with E-state index in [1.165, 1.54) is 6.92 Å². The van der Waals surface area contributed by atoms with Gasteiger partial charge in [0.1, 0.15) is 6.04 Å². The lowest BCUT2D eigenvalue weighted by Gasteiger charge is -2.41. The van der Waals surface area contributed by atoms with Crippen molar-refractivity contribution in [3.05, 3.63) is 0 Å². The lowest BCUT2D eigenvalue weighted by Crippen LogP contribution is -2.51. The van der Waals surface area contributed by atoms with Crippen molar-refractivity contribution in [3.63, 3.8) is 0 Å². The van der Waals surface area contributed by atoms with E-state index in [9.17, 15) is 14.7 Å². The van der Waals surface area contributed by atoms with E-state index < -0.39 is 5.60 Å². The van der Waals surface area contributed by atoms with Gasteiger partial charge in [0.25, 0.3) is 0 Å². The first-order chi connectivity index (χ1) is 10.6. The number of hydrogen-bond donors (Lipinski definition) is 2. The molecule has 23 heavy (non-hydrogen) atoms. The fourth-order valence-electron chi connectivity index (χ4n) is 3.98. The maximum Gasteiger partial charge on any atom is 0.242 e. The smallest absolute Gasteiger partial charge is 0.242 e. The molecule has 5 nitrogen and oxygen atoms in total. The average Bonchev–Trinajstić information content (AvgIpc) is 2.94. The predicted octanol–water partition coefficient (Wildman–Crippen LogP) is 2.08. The molecule has 0 aromatic rings. The van der Waals surface area contributed by atoms with E-state index in [1.54, 1.807) is 4.90 Å². The van der Waals surface area contributed by atoms with Gasteiger partial charge in [-0.3, -0.25) is 9.59 Å². The topological polar surface area (TPSA) is 69.6 Å². The zero-order valence-electron chi connectivity index (χ0n) is 15.0. The fraction of sp³-hybridized carbons (Fsp3) is 0.889.